The van der Waals surface area contributed by atoms with Crippen LogP contribution in [0.15, 0.2) is 66.7 Å². The molecule has 1 unspecified atom stereocenters. The predicted molar refractivity (Wildman–Crippen MR) is 150 cm³/mol. The normalized spacial score (nSPS) is 12.1. The molecule has 0 radical (unpaired) electrons. The predicted octanol–water partition coefficient (Wildman–Crippen LogP) is 6.54. The Balaban J connectivity index is 1.97. The van der Waals surface area contributed by atoms with Crippen molar-refractivity contribution in [2.24, 2.45) is 0 Å². The number of halogens is 2. The van der Waals surface area contributed by atoms with Gasteiger partial charge < -0.3 is 15.0 Å². The van der Waals surface area contributed by atoms with Gasteiger partial charge in [-0.1, -0.05) is 65.7 Å². The molecule has 3 aromatic carbocycles. The van der Waals surface area contributed by atoms with Gasteiger partial charge in [0.05, 0.1) is 0 Å². The highest BCUT2D eigenvalue weighted by Crippen LogP contribution is 2.25. The van der Waals surface area contributed by atoms with E-state index < -0.39 is 11.6 Å². The van der Waals surface area contributed by atoms with Gasteiger partial charge in [0.15, 0.2) is 6.61 Å². The van der Waals surface area contributed by atoms with Crippen LogP contribution in [0, 0.1) is 13.8 Å². The maximum absolute atomic E-state index is 13.7. The van der Waals surface area contributed by atoms with Gasteiger partial charge in [0.2, 0.25) is 5.91 Å². The summed E-state index contributed by atoms with van der Waals surface area (Å²) in [6.07, 6.45) is 0.337. The van der Waals surface area contributed by atoms with E-state index in [0.29, 0.717) is 27.8 Å². The smallest absolute Gasteiger partial charge is 0.261 e. The monoisotopic (exact) mass is 540 g/mol. The molecule has 196 valence electrons. The number of hydrogen-bond acceptors (Lipinski definition) is 3. The average molecular weight is 542 g/mol. The van der Waals surface area contributed by atoms with Crippen molar-refractivity contribution in [1.29, 1.82) is 0 Å². The van der Waals surface area contributed by atoms with Gasteiger partial charge >= 0.3 is 0 Å². The zero-order valence-electron chi connectivity index (χ0n) is 22.0. The molecule has 0 aliphatic heterocycles. The van der Waals surface area contributed by atoms with Gasteiger partial charge in [-0.05, 0) is 81.1 Å². The van der Waals surface area contributed by atoms with Gasteiger partial charge in [-0.15, -0.1) is 0 Å². The first-order valence-corrected chi connectivity index (χ1v) is 13.0. The van der Waals surface area contributed by atoms with Crippen LogP contribution in [0.4, 0.5) is 0 Å². The van der Waals surface area contributed by atoms with Crippen molar-refractivity contribution < 1.29 is 14.3 Å². The molecule has 1 N–H and O–H groups in total. The summed E-state index contributed by atoms with van der Waals surface area (Å²) in [4.78, 5) is 28.9. The molecular weight excluding hydrogens is 507 g/mol. The molecule has 0 heterocycles. The third-order valence-electron chi connectivity index (χ3n) is 5.68. The highest BCUT2D eigenvalue weighted by atomic mass is 35.5. The van der Waals surface area contributed by atoms with Gasteiger partial charge in [0, 0.05) is 28.5 Å². The van der Waals surface area contributed by atoms with E-state index in [1.165, 1.54) is 0 Å². The van der Waals surface area contributed by atoms with Crippen LogP contribution < -0.4 is 10.1 Å². The molecule has 2 amide bonds. The Morgan fingerprint density at radius 1 is 0.946 bits per heavy atom. The summed E-state index contributed by atoms with van der Waals surface area (Å²) >= 11 is 12.6. The highest BCUT2D eigenvalue weighted by Gasteiger charge is 2.32. The van der Waals surface area contributed by atoms with E-state index >= 15 is 0 Å². The van der Waals surface area contributed by atoms with Crippen LogP contribution in [-0.4, -0.2) is 34.9 Å². The lowest BCUT2D eigenvalue weighted by Crippen LogP contribution is -2.55. The van der Waals surface area contributed by atoms with Crippen molar-refractivity contribution in [3.05, 3.63) is 99.0 Å². The fraction of sp³-hybridized carbons (Fsp3) is 0.333. The van der Waals surface area contributed by atoms with E-state index in [-0.39, 0.29) is 25.0 Å². The average Bonchev–Trinajstić information content (AvgIpc) is 2.80. The van der Waals surface area contributed by atoms with Crippen LogP contribution in [0.2, 0.25) is 10.0 Å². The molecule has 3 aromatic rings. The van der Waals surface area contributed by atoms with Gasteiger partial charge in [-0.25, -0.2) is 0 Å². The van der Waals surface area contributed by atoms with Gasteiger partial charge in [-0.3, -0.25) is 9.59 Å². The quantitative estimate of drug-likeness (QED) is 0.335. The summed E-state index contributed by atoms with van der Waals surface area (Å²) in [5.41, 5.74) is 3.23. The Morgan fingerprint density at radius 2 is 1.59 bits per heavy atom. The third-order valence-corrected chi connectivity index (χ3v) is 6.27. The first-order valence-electron chi connectivity index (χ1n) is 12.2. The Hall–Kier alpha value is -3.02. The molecule has 5 nitrogen and oxygen atoms in total. The lowest BCUT2D eigenvalue weighted by molar-refractivity contribution is -0.143. The second-order valence-electron chi connectivity index (χ2n) is 10.3. The number of hydrogen-bond donors (Lipinski definition) is 1. The summed E-state index contributed by atoms with van der Waals surface area (Å²) in [6, 6.07) is 19.8. The zero-order valence-corrected chi connectivity index (χ0v) is 23.5. The number of nitrogens with one attached hydrogen (secondary N) is 1. The Labute approximate surface area is 229 Å². The van der Waals surface area contributed by atoms with Crippen LogP contribution in [0.5, 0.6) is 5.75 Å². The molecule has 0 fully saturated rings. The maximum Gasteiger partial charge on any atom is 0.261 e. The van der Waals surface area contributed by atoms with Crippen LogP contribution in [-0.2, 0) is 22.6 Å². The summed E-state index contributed by atoms with van der Waals surface area (Å²) in [7, 11) is 0. The van der Waals surface area contributed by atoms with Crippen LogP contribution in [0.25, 0.3) is 0 Å². The van der Waals surface area contributed by atoms with Crippen LogP contribution in [0.3, 0.4) is 0 Å². The van der Waals surface area contributed by atoms with Crippen molar-refractivity contribution in [3.8, 4) is 5.75 Å². The number of aryl methyl sites for hydroxylation is 2. The SMILES string of the molecule is Cc1cc(C)cc(OCC(=O)N(Cc2ccc(Cl)cc2Cl)C(Cc2ccccc2)C(=O)NC(C)(C)C)c1. The minimum atomic E-state index is -0.788. The van der Waals surface area contributed by atoms with E-state index in [1.54, 1.807) is 23.1 Å². The Kier molecular flexibility index (Phi) is 9.63. The fourth-order valence-corrected chi connectivity index (χ4v) is 4.55. The lowest BCUT2D eigenvalue weighted by atomic mass is 10.0. The van der Waals surface area contributed by atoms with Crippen molar-refractivity contribution in [2.75, 3.05) is 6.61 Å². The number of carbonyl (C=O) groups excluding carboxylic acids is 2. The molecule has 7 heteroatoms. The van der Waals surface area contributed by atoms with Gasteiger partial charge in [0.1, 0.15) is 11.8 Å². The zero-order chi connectivity index (χ0) is 27.2. The number of benzene rings is 3. The number of ether oxygens (including phenoxy) is 1. The minimum Gasteiger partial charge on any atom is -0.484 e. The van der Waals surface area contributed by atoms with E-state index in [2.05, 4.69) is 5.32 Å². The molecular formula is C30H34Cl2N2O3. The molecule has 0 aliphatic carbocycles. The molecule has 3 rings (SSSR count). The largest absolute Gasteiger partial charge is 0.484 e. The van der Waals surface area contributed by atoms with E-state index in [9.17, 15) is 9.59 Å². The van der Waals surface area contributed by atoms with E-state index in [0.717, 1.165) is 16.7 Å². The molecule has 0 aromatic heterocycles. The van der Waals surface area contributed by atoms with Crippen LogP contribution >= 0.6 is 23.2 Å². The number of carbonyl (C=O) groups is 2. The van der Waals surface area contributed by atoms with Crippen molar-refractivity contribution in [3.63, 3.8) is 0 Å². The van der Waals surface area contributed by atoms with Gasteiger partial charge in [-0.2, -0.15) is 0 Å². The molecule has 0 spiro atoms. The molecule has 0 saturated carbocycles. The summed E-state index contributed by atoms with van der Waals surface area (Å²) < 4.78 is 5.90. The summed E-state index contributed by atoms with van der Waals surface area (Å²) in [5.74, 6) is 0.0328. The molecule has 37 heavy (non-hydrogen) atoms. The Morgan fingerprint density at radius 3 is 2.19 bits per heavy atom. The van der Waals surface area contributed by atoms with Crippen molar-refractivity contribution in [2.45, 2.75) is 59.2 Å². The number of nitrogens with zero attached hydrogens (tertiary/aromatic N) is 1. The van der Waals surface area contributed by atoms with Crippen LogP contribution in [0.1, 0.15) is 43.0 Å². The standard InChI is InChI=1S/C30H34Cl2N2O3/c1-20-13-21(2)15-25(14-20)37-19-28(35)34(18-23-11-12-24(31)17-26(23)32)27(29(36)33-30(3,4)5)16-22-9-7-6-8-10-22/h6-15,17,27H,16,18-19H2,1-5H3,(H,33,36). The number of rotatable bonds is 9. The third kappa shape index (κ3) is 8.80. The van der Waals surface area contributed by atoms with E-state index in [1.807, 2.05) is 83.1 Å². The van der Waals surface area contributed by atoms with E-state index in [4.69, 9.17) is 27.9 Å². The van der Waals surface area contributed by atoms with Gasteiger partial charge in [0.25, 0.3) is 5.91 Å². The second-order valence-corrected chi connectivity index (χ2v) is 11.2. The lowest BCUT2D eigenvalue weighted by Gasteiger charge is -2.34. The highest BCUT2D eigenvalue weighted by molar-refractivity contribution is 6.35. The fourth-order valence-electron chi connectivity index (χ4n) is 4.08. The van der Waals surface area contributed by atoms with Crippen molar-refractivity contribution in [1.82, 2.24) is 10.2 Å². The second kappa shape index (κ2) is 12.5. The first-order chi connectivity index (χ1) is 17.4. The molecule has 0 bridgehead atoms. The molecule has 0 aliphatic rings. The summed E-state index contributed by atoms with van der Waals surface area (Å²) in [5, 5.41) is 3.97. The molecule has 1 atom stereocenters. The maximum atomic E-state index is 13.7. The number of amides is 2. The first kappa shape index (κ1) is 28.5. The Bertz CT molecular complexity index is 1220. The van der Waals surface area contributed by atoms with Crippen molar-refractivity contribution >= 4 is 35.0 Å². The summed E-state index contributed by atoms with van der Waals surface area (Å²) in [6.45, 7) is 9.59. The minimum absolute atomic E-state index is 0.125. The molecule has 0 saturated heterocycles. The topological polar surface area (TPSA) is 58.6 Å².